The number of halogens is 3. The van der Waals surface area contributed by atoms with Crippen LogP contribution in [0.4, 0.5) is 14.5 Å². The summed E-state index contributed by atoms with van der Waals surface area (Å²) in [6.07, 6.45) is 3.18. The minimum Gasteiger partial charge on any atom is -0.322 e. The molecule has 2 saturated carbocycles. The summed E-state index contributed by atoms with van der Waals surface area (Å²) in [5.74, 6) is -2.14. The van der Waals surface area contributed by atoms with Gasteiger partial charge in [0.1, 0.15) is 0 Å². The molecule has 0 aliphatic heterocycles. The number of carbonyl (C=O) groups excluding carboxylic acids is 1. The summed E-state index contributed by atoms with van der Waals surface area (Å²) in [7, 11) is -1.66. The number of nitrogens with zero attached hydrogens (tertiary/aromatic N) is 1. The standard InChI is InChI=1S/C25H29ClF2N2O3S/c1-14(2)30(3)24-15-4-5-16(24)11-19(10-15)34(32,33)23-12-17(6-8-20(23)26)25(31)29-18-7-9-21(27)22(28)13-18/h6-9,12-16,19,24H,4-5,10-11H2,1-3H3,(H,29,31)/t15-,16?,19?,24?/m0/s1. The first-order chi connectivity index (χ1) is 16.0. The van der Waals surface area contributed by atoms with Crippen molar-refractivity contribution in [2.75, 3.05) is 12.4 Å². The number of benzene rings is 2. The van der Waals surface area contributed by atoms with Crippen LogP contribution >= 0.6 is 11.6 Å². The highest BCUT2D eigenvalue weighted by Gasteiger charge is 2.48. The zero-order valence-corrected chi connectivity index (χ0v) is 21.0. The van der Waals surface area contributed by atoms with Crippen molar-refractivity contribution >= 4 is 33.0 Å². The van der Waals surface area contributed by atoms with Crippen LogP contribution in [-0.4, -0.2) is 43.6 Å². The summed E-state index contributed by atoms with van der Waals surface area (Å²) in [5, 5.41) is 1.98. The summed E-state index contributed by atoms with van der Waals surface area (Å²) in [5.41, 5.74) is 0.135. The normalized spacial score (nSPS) is 24.6. The Bertz CT molecular complexity index is 1190. The highest BCUT2D eigenvalue weighted by molar-refractivity contribution is 7.92. The van der Waals surface area contributed by atoms with Crippen LogP contribution in [-0.2, 0) is 9.84 Å². The van der Waals surface area contributed by atoms with Gasteiger partial charge in [0.15, 0.2) is 21.5 Å². The molecule has 0 aromatic heterocycles. The van der Waals surface area contributed by atoms with Crippen molar-refractivity contribution in [3.8, 4) is 0 Å². The van der Waals surface area contributed by atoms with Gasteiger partial charge in [0.2, 0.25) is 0 Å². The second-order valence-corrected chi connectivity index (χ2v) is 12.3. The number of sulfone groups is 1. The number of hydrogen-bond acceptors (Lipinski definition) is 4. The SMILES string of the molecule is CC(C)N(C)C1C2CC[C@H]1CC(S(=O)(=O)c1cc(C(=O)Nc3ccc(F)c(F)c3)ccc1Cl)C2. The summed E-state index contributed by atoms with van der Waals surface area (Å²) >= 11 is 6.30. The van der Waals surface area contributed by atoms with E-state index in [1.165, 1.54) is 24.3 Å². The molecule has 34 heavy (non-hydrogen) atoms. The predicted molar refractivity (Wildman–Crippen MR) is 129 cm³/mol. The van der Waals surface area contributed by atoms with Crippen molar-refractivity contribution < 1.29 is 22.0 Å². The molecule has 2 aromatic carbocycles. The van der Waals surface area contributed by atoms with Crippen LogP contribution in [0.15, 0.2) is 41.3 Å². The van der Waals surface area contributed by atoms with Crippen molar-refractivity contribution in [1.82, 2.24) is 4.90 Å². The molecule has 184 valence electrons. The van der Waals surface area contributed by atoms with E-state index in [1.54, 1.807) is 0 Å². The molecule has 9 heteroatoms. The second kappa shape index (κ2) is 9.55. The molecule has 2 aliphatic rings. The Morgan fingerprint density at radius 2 is 1.71 bits per heavy atom. The van der Waals surface area contributed by atoms with E-state index < -0.39 is 32.6 Å². The lowest BCUT2D eigenvalue weighted by molar-refractivity contribution is 0.0953. The molecular formula is C25H29ClF2N2O3S. The number of nitrogens with one attached hydrogen (secondary N) is 1. The third-order valence-electron chi connectivity index (χ3n) is 7.41. The third-order valence-corrected chi connectivity index (χ3v) is 10.1. The highest BCUT2D eigenvalue weighted by Crippen LogP contribution is 2.48. The minimum atomic E-state index is -3.77. The maximum atomic E-state index is 13.6. The first-order valence-corrected chi connectivity index (χ1v) is 13.4. The van der Waals surface area contributed by atoms with E-state index in [4.69, 9.17) is 11.6 Å². The van der Waals surface area contributed by atoms with Gasteiger partial charge in [-0.2, -0.15) is 0 Å². The predicted octanol–water partition coefficient (Wildman–Crippen LogP) is 5.54. The lowest BCUT2D eigenvalue weighted by Gasteiger charge is -2.42. The number of hydrogen-bond donors (Lipinski definition) is 1. The van der Waals surface area contributed by atoms with Gasteiger partial charge in [-0.15, -0.1) is 0 Å². The lowest BCUT2D eigenvalue weighted by atomic mass is 9.82. The van der Waals surface area contributed by atoms with E-state index in [9.17, 15) is 22.0 Å². The molecule has 4 rings (SSSR count). The molecule has 1 N–H and O–H groups in total. The topological polar surface area (TPSA) is 66.5 Å². The second-order valence-electron chi connectivity index (χ2n) is 9.71. The van der Waals surface area contributed by atoms with Crippen molar-refractivity contribution in [3.63, 3.8) is 0 Å². The number of fused-ring (bicyclic) bond motifs is 2. The smallest absolute Gasteiger partial charge is 0.255 e. The highest BCUT2D eigenvalue weighted by atomic mass is 35.5. The fraction of sp³-hybridized carbons (Fsp3) is 0.480. The van der Waals surface area contributed by atoms with Gasteiger partial charge in [-0.05, 0) is 88.7 Å². The maximum absolute atomic E-state index is 13.6. The molecule has 5 nitrogen and oxygen atoms in total. The first kappa shape index (κ1) is 25.1. The molecule has 0 radical (unpaired) electrons. The number of carbonyl (C=O) groups is 1. The van der Waals surface area contributed by atoms with Crippen molar-refractivity contribution in [2.24, 2.45) is 11.8 Å². The number of anilines is 1. The Morgan fingerprint density at radius 1 is 1.06 bits per heavy atom. The lowest BCUT2D eigenvalue weighted by Crippen LogP contribution is -2.48. The molecular weight excluding hydrogens is 482 g/mol. The number of rotatable bonds is 6. The molecule has 0 saturated heterocycles. The van der Waals surface area contributed by atoms with E-state index >= 15 is 0 Å². The average Bonchev–Trinajstić information content (AvgIpc) is 3.04. The van der Waals surface area contributed by atoms with Crippen molar-refractivity contribution in [1.29, 1.82) is 0 Å². The van der Waals surface area contributed by atoms with E-state index in [0.717, 1.165) is 25.0 Å². The van der Waals surface area contributed by atoms with E-state index in [1.807, 2.05) is 0 Å². The molecule has 1 amide bonds. The van der Waals surface area contributed by atoms with Gasteiger partial charge in [0, 0.05) is 29.4 Å². The van der Waals surface area contributed by atoms with Crippen molar-refractivity contribution in [3.05, 3.63) is 58.6 Å². The molecule has 4 atom stereocenters. The van der Waals surface area contributed by atoms with Crippen LogP contribution in [0.5, 0.6) is 0 Å². The Morgan fingerprint density at radius 3 is 2.29 bits per heavy atom. The van der Waals surface area contributed by atoms with Crippen molar-refractivity contribution in [2.45, 2.75) is 61.8 Å². The maximum Gasteiger partial charge on any atom is 0.255 e. The average molecular weight is 511 g/mol. The fourth-order valence-corrected chi connectivity index (χ4v) is 7.95. The van der Waals surface area contributed by atoms with E-state index in [2.05, 4.69) is 31.1 Å². The Kier molecular flexibility index (Phi) is 7.04. The van der Waals surface area contributed by atoms with E-state index in [-0.39, 0.29) is 21.2 Å². The van der Waals surface area contributed by atoms with Gasteiger partial charge < -0.3 is 10.2 Å². The first-order valence-electron chi connectivity index (χ1n) is 11.5. The van der Waals surface area contributed by atoms with Gasteiger partial charge in [0.05, 0.1) is 15.2 Å². The molecule has 0 spiro atoms. The summed E-state index contributed by atoms with van der Waals surface area (Å²) < 4.78 is 53.9. The van der Waals surface area contributed by atoms with E-state index in [0.29, 0.717) is 36.8 Å². The summed E-state index contributed by atoms with van der Waals surface area (Å²) in [6, 6.07) is 7.85. The zero-order chi connectivity index (χ0) is 24.8. The monoisotopic (exact) mass is 510 g/mol. The quantitative estimate of drug-likeness (QED) is 0.554. The molecule has 0 heterocycles. The molecule has 2 aliphatic carbocycles. The molecule has 2 bridgehead atoms. The molecule has 2 fully saturated rings. The fourth-order valence-electron chi connectivity index (χ4n) is 5.52. The van der Waals surface area contributed by atoms with Gasteiger partial charge in [0.25, 0.3) is 5.91 Å². The molecule has 2 aromatic rings. The van der Waals surface area contributed by atoms with Gasteiger partial charge >= 0.3 is 0 Å². The van der Waals surface area contributed by atoms with Crippen LogP contribution < -0.4 is 5.32 Å². The van der Waals surface area contributed by atoms with Crippen LogP contribution in [0, 0.1) is 23.5 Å². The van der Waals surface area contributed by atoms with Crippen LogP contribution in [0.2, 0.25) is 5.02 Å². The zero-order valence-electron chi connectivity index (χ0n) is 19.4. The Hall–Kier alpha value is -2.03. The Labute approximate surface area is 204 Å². The van der Waals surface area contributed by atoms with Crippen LogP contribution in [0.3, 0.4) is 0 Å². The molecule has 3 unspecified atom stereocenters. The van der Waals surface area contributed by atoms with Crippen LogP contribution in [0.1, 0.15) is 49.9 Å². The Balaban J connectivity index is 1.56. The summed E-state index contributed by atoms with van der Waals surface area (Å²) in [4.78, 5) is 15.0. The summed E-state index contributed by atoms with van der Waals surface area (Å²) in [6.45, 7) is 4.30. The van der Waals surface area contributed by atoms with Gasteiger partial charge in [-0.3, -0.25) is 4.79 Å². The minimum absolute atomic E-state index is 0.0624. The third kappa shape index (κ3) is 4.72. The van der Waals surface area contributed by atoms with Gasteiger partial charge in [-0.25, -0.2) is 17.2 Å². The van der Waals surface area contributed by atoms with Gasteiger partial charge in [-0.1, -0.05) is 11.6 Å². The van der Waals surface area contributed by atoms with Crippen LogP contribution in [0.25, 0.3) is 0 Å². The largest absolute Gasteiger partial charge is 0.322 e. The number of amides is 1.